The number of nitrogens with one attached hydrogen (secondary N) is 2. The van der Waals surface area contributed by atoms with Crippen molar-refractivity contribution in [1.29, 1.82) is 1.34 Å². The molecule has 3 saturated heterocycles. The van der Waals surface area contributed by atoms with E-state index in [1.54, 1.807) is 72.8 Å². The predicted molar refractivity (Wildman–Crippen MR) is 237 cm³/mol. The number of hydrogen-bond acceptors (Lipinski definition) is 11. The summed E-state index contributed by atoms with van der Waals surface area (Å²) in [7, 11) is 3.75. The van der Waals surface area contributed by atoms with E-state index in [1.807, 2.05) is 12.1 Å². The minimum absolute atomic E-state index is 0. The molecular formula is C42H48BF2IN8O7U. The molecule has 0 aliphatic carbocycles. The number of nitrogens with zero attached hydrogens (tertiary/aromatic N) is 6. The van der Waals surface area contributed by atoms with Gasteiger partial charge < -0.3 is 35.1 Å². The zero-order valence-corrected chi connectivity index (χ0v) is 38.2. The normalized spacial score (nSPS) is 22.3. The second-order valence-corrected chi connectivity index (χ2v) is 14.2. The fraction of sp³-hybridized carbons (Fsp3) is 0.333. The maximum absolute atomic E-state index is 14.5. The summed E-state index contributed by atoms with van der Waals surface area (Å²) in [4.78, 5) is 33.0. The Morgan fingerprint density at radius 1 is 0.790 bits per heavy atom. The van der Waals surface area contributed by atoms with Gasteiger partial charge in [0.15, 0.2) is 30.1 Å². The number of anilines is 2. The number of carbonyl (C=O) groups is 2. The van der Waals surface area contributed by atoms with Crippen LogP contribution < -0.4 is 10.6 Å². The molecule has 4 N–H and O–H groups in total. The predicted octanol–water partition coefficient (Wildman–Crippen LogP) is 6.24. The number of amides is 2. The number of hydrogen-bond donors (Lipinski definition) is 4. The van der Waals surface area contributed by atoms with Gasteiger partial charge in [0.25, 0.3) is 11.8 Å². The summed E-state index contributed by atoms with van der Waals surface area (Å²) < 4.78 is 53.4. The molecule has 4 aromatic heterocycles. The van der Waals surface area contributed by atoms with Crippen LogP contribution in [0.4, 0.5) is 20.4 Å². The first kappa shape index (κ1) is 50.4. The largest absolute Gasteiger partial charge is 0.483 e. The first-order chi connectivity index (χ1) is 29.2. The number of ether oxygens (including phenoxy) is 3. The van der Waals surface area contributed by atoms with Crippen molar-refractivity contribution < 1.29 is 73.9 Å². The molecule has 20 heteroatoms. The van der Waals surface area contributed by atoms with E-state index in [4.69, 9.17) is 15.5 Å². The average Bonchev–Trinajstić information content (AvgIpc) is 4.15. The van der Waals surface area contributed by atoms with E-state index in [0.717, 1.165) is 13.2 Å². The molecule has 0 bridgehead atoms. The Morgan fingerprint density at radius 2 is 1.26 bits per heavy atom. The molecule has 0 spiro atoms. The Kier molecular flexibility index (Phi) is 19.5. The molecule has 2 amide bonds. The number of halogens is 3. The van der Waals surface area contributed by atoms with Gasteiger partial charge in [-0.05, 0) is 62.7 Å². The van der Waals surface area contributed by atoms with E-state index in [1.165, 1.54) is 34.5 Å². The van der Waals surface area contributed by atoms with Crippen LogP contribution in [0.25, 0.3) is 11.0 Å². The first-order valence-electron chi connectivity index (χ1n) is 18.9. The zero-order valence-electron chi connectivity index (χ0n) is 32.9. The van der Waals surface area contributed by atoms with Gasteiger partial charge in [0.2, 0.25) is 0 Å². The Labute approximate surface area is 398 Å². The third-order valence-electron chi connectivity index (χ3n) is 9.58. The van der Waals surface area contributed by atoms with Crippen molar-refractivity contribution >= 4 is 65.5 Å². The number of rotatable bonds is 7. The molecule has 0 saturated carbocycles. The molecule has 3 aliphatic heterocycles. The van der Waals surface area contributed by atoms with Gasteiger partial charge in [0.1, 0.15) is 47.8 Å². The zero-order chi connectivity index (χ0) is 42.8. The number of carbonyl (C=O) groups excluding carboxylic acids is 2. The number of fused-ring (bicyclic) bond motifs is 2. The quantitative estimate of drug-likeness (QED) is 0.0806. The summed E-state index contributed by atoms with van der Waals surface area (Å²) in [6.45, 7) is 5.51. The number of alkyl halides is 3. The molecule has 2 aromatic carbocycles. The van der Waals surface area contributed by atoms with E-state index in [-0.39, 0.29) is 69.4 Å². The third kappa shape index (κ3) is 11.4. The van der Waals surface area contributed by atoms with Gasteiger partial charge in [-0.1, -0.05) is 80.4 Å². The maximum Gasteiger partial charge on any atom is 0.256 e. The molecular weight excluding hydrogens is 1140 g/mol. The van der Waals surface area contributed by atoms with Gasteiger partial charge in [-0.3, -0.25) is 9.59 Å². The second-order valence-electron chi connectivity index (χ2n) is 13.4. The van der Waals surface area contributed by atoms with Crippen LogP contribution in [0.1, 0.15) is 72.0 Å². The fourth-order valence-corrected chi connectivity index (χ4v) is 7.26. The Balaban J connectivity index is 0.000000279. The second kappa shape index (κ2) is 24.0. The van der Waals surface area contributed by atoms with Gasteiger partial charge >= 0.3 is 0 Å². The number of aliphatic hydroxyl groups excluding tert-OH is 2. The maximum atomic E-state index is 14.5. The SMILES string of the molecule is C.C.C1CCOC1.C=C1O[C@@H](c2ccc3c(NC(=O)c4ccccc4)ncnn23)[C@H](F)[C@@H]1O.O=C(Nc1ncnn2c([C@@H]3O[C@H](CI)[C@@H](O)[C@H]3F)ccc12)c1ccccc1.[2H][B].[U]. The molecule has 326 valence electrons. The number of aromatic nitrogens is 6. The molecule has 6 aromatic rings. The topological polar surface area (TPSA) is 187 Å². The summed E-state index contributed by atoms with van der Waals surface area (Å²) in [5.41, 5.74) is 2.83. The summed E-state index contributed by atoms with van der Waals surface area (Å²) in [6.07, 6.45) is -3.23. The van der Waals surface area contributed by atoms with E-state index in [0.29, 0.717) is 43.8 Å². The number of aliphatic hydroxyl groups is 2. The molecule has 3 fully saturated rings. The van der Waals surface area contributed by atoms with Crippen molar-refractivity contribution in [3.05, 3.63) is 132 Å². The third-order valence-corrected chi connectivity index (χ3v) is 10.4. The van der Waals surface area contributed by atoms with Gasteiger partial charge in [-0.2, -0.15) is 10.2 Å². The van der Waals surface area contributed by atoms with Gasteiger partial charge in [0, 0.05) is 68.3 Å². The Hall–Kier alpha value is -4.29. The van der Waals surface area contributed by atoms with Crippen LogP contribution in [0.5, 0.6) is 0 Å². The van der Waals surface area contributed by atoms with Crippen LogP contribution in [0.3, 0.4) is 0 Å². The van der Waals surface area contributed by atoms with Gasteiger partial charge in [-0.25, -0.2) is 27.8 Å². The first-order valence-corrected chi connectivity index (χ1v) is 19.9. The van der Waals surface area contributed by atoms with E-state index >= 15 is 0 Å². The van der Waals surface area contributed by atoms with Crippen LogP contribution in [-0.2, 0) is 14.2 Å². The van der Waals surface area contributed by atoms with Crippen molar-refractivity contribution in [3.63, 3.8) is 0 Å². The average molecular weight is 1190 g/mol. The molecule has 9 rings (SSSR count). The van der Waals surface area contributed by atoms with Crippen molar-refractivity contribution in [2.24, 2.45) is 0 Å². The van der Waals surface area contributed by atoms with Crippen molar-refractivity contribution in [2.75, 3.05) is 28.3 Å². The smallest absolute Gasteiger partial charge is 0.256 e. The minimum atomic E-state index is -1.65. The Bertz CT molecular complexity index is 2380. The van der Waals surface area contributed by atoms with Gasteiger partial charge in [0.05, 0.1) is 17.5 Å². The monoisotopic (exact) mass is 1190 g/mol. The van der Waals surface area contributed by atoms with E-state index in [9.17, 15) is 28.6 Å². The van der Waals surface area contributed by atoms with Crippen LogP contribution in [0.2, 0.25) is 0 Å². The molecule has 15 nitrogen and oxygen atoms in total. The molecule has 7 heterocycles. The van der Waals surface area contributed by atoms with Gasteiger partial charge in [-0.15, -0.1) is 0 Å². The van der Waals surface area contributed by atoms with Crippen LogP contribution in [0.15, 0.2) is 110 Å². The van der Waals surface area contributed by atoms with E-state index < -0.39 is 42.9 Å². The summed E-state index contributed by atoms with van der Waals surface area (Å²) in [5.74, 6) is -0.0560. The van der Waals surface area contributed by atoms with Crippen molar-refractivity contribution in [2.45, 2.75) is 70.6 Å². The minimum Gasteiger partial charge on any atom is -0.483 e. The summed E-state index contributed by atoms with van der Waals surface area (Å²) in [5, 5.41) is 33.4. The van der Waals surface area contributed by atoms with Crippen molar-refractivity contribution in [1.82, 2.24) is 29.2 Å². The number of benzene rings is 2. The van der Waals surface area contributed by atoms with Crippen molar-refractivity contribution in [3.8, 4) is 0 Å². The summed E-state index contributed by atoms with van der Waals surface area (Å²) in [6, 6.07) is 24.1. The Morgan fingerprint density at radius 3 is 1.65 bits per heavy atom. The van der Waals surface area contributed by atoms with E-state index in [2.05, 4.69) is 68.3 Å². The van der Waals surface area contributed by atoms with Crippen LogP contribution >= 0.6 is 22.6 Å². The van der Waals surface area contributed by atoms with Crippen LogP contribution in [0, 0.1) is 31.1 Å². The molecule has 3 aliphatic rings. The standard InChI is InChI=1S/C18H16FIN4O3.C18H15FN4O3.C4H8O.2CH4.BH.U/c19-14-15(25)13(8-20)27-16(14)11-6-7-12-17(21-9-22-24(11)12)23-18(26)10-4-2-1-3-5-10;1-10-15(24)14(19)16(26-10)12-7-8-13-17(20-9-21-23(12)13)22-18(25)11-5-3-2-4-6-11;1-2-4-5-3-1;;;;/h1-7,9,13-16,25H,8H2,(H,21,22,23,26);2-9,14-16,24H,1H2,(H,20,21,22,25);1-4H2;2*1H4;1H;/t13-,14-,15-,16+;14-,15-,16+;;;;;/m11...../s1/i;;;;;1D;. The molecule has 62 heavy (non-hydrogen) atoms. The summed E-state index contributed by atoms with van der Waals surface area (Å²) >= 11 is 2.05. The molecule has 0 unspecified atom stereocenters. The fourth-order valence-electron chi connectivity index (χ4n) is 6.53. The van der Waals surface area contributed by atoms with Crippen LogP contribution in [-0.4, -0.2) is 109 Å². The molecule has 7 atom stereocenters. The molecule has 2 radical (unpaired) electrons.